The summed E-state index contributed by atoms with van der Waals surface area (Å²) >= 11 is 3.28. The Kier molecular flexibility index (Phi) is 5.78. The summed E-state index contributed by atoms with van der Waals surface area (Å²) in [5.41, 5.74) is -0.805. The predicted molar refractivity (Wildman–Crippen MR) is 99.0 cm³/mol. The van der Waals surface area contributed by atoms with Crippen LogP contribution in [0.15, 0.2) is 52.0 Å². The highest BCUT2D eigenvalue weighted by Crippen LogP contribution is 2.29. The predicted octanol–water partition coefficient (Wildman–Crippen LogP) is 3.76. The maximum Gasteiger partial charge on any atom is 0.417 e. The lowest BCUT2D eigenvalue weighted by atomic mass is 10.2. The van der Waals surface area contributed by atoms with Crippen LogP contribution in [0, 0.1) is 0 Å². The summed E-state index contributed by atoms with van der Waals surface area (Å²) in [7, 11) is -3.62. The number of halogens is 4. The van der Waals surface area contributed by atoms with Crippen LogP contribution in [0.4, 0.5) is 19.0 Å². The van der Waals surface area contributed by atoms with Crippen LogP contribution in [0.25, 0.3) is 0 Å². The zero-order valence-electron chi connectivity index (χ0n) is 14.2. The summed E-state index contributed by atoms with van der Waals surface area (Å²) < 4.78 is 65.8. The van der Waals surface area contributed by atoms with Gasteiger partial charge < -0.3 is 4.90 Å². The van der Waals surface area contributed by atoms with E-state index in [0.717, 1.165) is 16.7 Å². The van der Waals surface area contributed by atoms with Gasteiger partial charge in [-0.15, -0.1) is 0 Å². The van der Waals surface area contributed by atoms with Crippen LogP contribution in [0.1, 0.15) is 12.0 Å². The van der Waals surface area contributed by atoms with Gasteiger partial charge in [-0.25, -0.2) is 13.4 Å². The molecule has 3 rings (SSSR count). The summed E-state index contributed by atoms with van der Waals surface area (Å²) in [6.45, 7) is 1.45. The smallest absolute Gasteiger partial charge is 0.355 e. The first-order valence-electron chi connectivity index (χ1n) is 8.22. The van der Waals surface area contributed by atoms with Crippen molar-refractivity contribution < 1.29 is 21.6 Å². The molecule has 1 aromatic carbocycles. The van der Waals surface area contributed by atoms with Gasteiger partial charge in [0.1, 0.15) is 5.82 Å². The molecule has 0 bridgehead atoms. The molecule has 0 spiro atoms. The molecule has 5 nitrogen and oxygen atoms in total. The van der Waals surface area contributed by atoms with E-state index in [1.165, 1.54) is 10.4 Å². The summed E-state index contributed by atoms with van der Waals surface area (Å²) in [5, 5.41) is 0. The molecule has 10 heteroatoms. The number of anilines is 1. The molecular formula is C17H17BrF3N3O2S. The summed E-state index contributed by atoms with van der Waals surface area (Å²) in [5.74, 6) is 0.408. The van der Waals surface area contributed by atoms with Crippen molar-refractivity contribution in [1.82, 2.24) is 9.29 Å². The van der Waals surface area contributed by atoms with Crippen molar-refractivity contribution in [1.29, 1.82) is 0 Å². The normalized spacial score (nSPS) is 17.0. The molecule has 2 heterocycles. The first kappa shape index (κ1) is 20.1. The minimum atomic E-state index is -4.43. The van der Waals surface area contributed by atoms with Gasteiger partial charge in [0.05, 0.1) is 10.5 Å². The Bertz CT molecular complexity index is 887. The van der Waals surface area contributed by atoms with Crippen molar-refractivity contribution in [3.63, 3.8) is 0 Å². The molecule has 146 valence electrons. The maximum absolute atomic E-state index is 12.8. The standard InChI is InChI=1S/C17H17BrF3N3O2S/c18-14-3-5-15(6-4-14)27(25,26)24-9-1-8-23(10-11-24)16-7-2-13(12-22-16)17(19,20)21/h2-7,12H,1,8-11H2. The molecule has 1 aromatic heterocycles. The van der Waals surface area contributed by atoms with E-state index >= 15 is 0 Å². The highest BCUT2D eigenvalue weighted by atomic mass is 79.9. The minimum Gasteiger partial charge on any atom is -0.355 e. The molecule has 1 saturated heterocycles. The maximum atomic E-state index is 12.8. The van der Waals surface area contributed by atoms with Crippen molar-refractivity contribution in [3.05, 3.63) is 52.6 Å². The fraction of sp³-hybridized carbons (Fsp3) is 0.353. The number of hydrogen-bond donors (Lipinski definition) is 0. The molecule has 0 saturated carbocycles. The lowest BCUT2D eigenvalue weighted by Crippen LogP contribution is -2.35. The first-order chi connectivity index (χ1) is 12.7. The van der Waals surface area contributed by atoms with Crippen LogP contribution < -0.4 is 4.90 Å². The second-order valence-corrected chi connectivity index (χ2v) is 8.96. The van der Waals surface area contributed by atoms with E-state index in [1.54, 1.807) is 29.2 Å². The molecule has 0 unspecified atom stereocenters. The largest absolute Gasteiger partial charge is 0.417 e. The summed E-state index contributed by atoms with van der Waals surface area (Å²) in [6.07, 6.45) is -3.07. The molecule has 0 radical (unpaired) electrons. The SMILES string of the molecule is O=S(=O)(c1ccc(Br)cc1)N1CCCN(c2ccc(C(F)(F)F)cn2)CC1. The van der Waals surface area contributed by atoms with Crippen molar-refractivity contribution in [2.75, 3.05) is 31.1 Å². The highest BCUT2D eigenvalue weighted by molar-refractivity contribution is 9.10. The van der Waals surface area contributed by atoms with Crippen LogP contribution in [0.3, 0.4) is 0 Å². The van der Waals surface area contributed by atoms with Gasteiger partial charge >= 0.3 is 6.18 Å². The summed E-state index contributed by atoms with van der Waals surface area (Å²) in [6, 6.07) is 8.73. The van der Waals surface area contributed by atoms with E-state index in [1.807, 2.05) is 0 Å². The summed E-state index contributed by atoms with van der Waals surface area (Å²) in [4.78, 5) is 5.92. The van der Waals surface area contributed by atoms with Gasteiger partial charge in [0.15, 0.2) is 0 Å². The van der Waals surface area contributed by atoms with E-state index in [4.69, 9.17) is 0 Å². The molecule has 1 aliphatic rings. The Balaban J connectivity index is 1.73. The fourth-order valence-electron chi connectivity index (χ4n) is 2.86. The van der Waals surface area contributed by atoms with E-state index in [9.17, 15) is 21.6 Å². The van der Waals surface area contributed by atoms with Gasteiger partial charge in [-0.2, -0.15) is 17.5 Å². The average Bonchev–Trinajstić information content (AvgIpc) is 2.88. The van der Waals surface area contributed by atoms with Crippen molar-refractivity contribution in [2.24, 2.45) is 0 Å². The second-order valence-electron chi connectivity index (χ2n) is 6.10. The monoisotopic (exact) mass is 463 g/mol. The third-order valence-corrected chi connectivity index (χ3v) is 6.75. The molecule has 1 aliphatic heterocycles. The molecule has 0 aliphatic carbocycles. The fourth-order valence-corrected chi connectivity index (χ4v) is 4.59. The first-order valence-corrected chi connectivity index (χ1v) is 10.5. The Hall–Kier alpha value is -1.65. The second kappa shape index (κ2) is 7.76. The van der Waals surface area contributed by atoms with Gasteiger partial charge in [-0.05, 0) is 42.8 Å². The average molecular weight is 464 g/mol. The Morgan fingerprint density at radius 3 is 2.26 bits per heavy atom. The molecule has 27 heavy (non-hydrogen) atoms. The number of hydrogen-bond acceptors (Lipinski definition) is 4. The lowest BCUT2D eigenvalue weighted by molar-refractivity contribution is -0.137. The van der Waals surface area contributed by atoms with E-state index in [0.29, 0.717) is 31.9 Å². The van der Waals surface area contributed by atoms with Crippen molar-refractivity contribution in [2.45, 2.75) is 17.5 Å². The van der Waals surface area contributed by atoms with Crippen molar-refractivity contribution >= 4 is 31.8 Å². The number of pyridine rings is 1. The number of rotatable bonds is 3. The highest BCUT2D eigenvalue weighted by Gasteiger charge is 2.31. The van der Waals surface area contributed by atoms with Gasteiger partial charge in [0, 0.05) is 36.8 Å². The topological polar surface area (TPSA) is 53.5 Å². The molecule has 0 N–H and O–H groups in total. The lowest BCUT2D eigenvalue weighted by Gasteiger charge is -2.23. The van der Waals surface area contributed by atoms with E-state index < -0.39 is 21.8 Å². The number of benzene rings is 1. The quantitative estimate of drug-likeness (QED) is 0.695. The third-order valence-electron chi connectivity index (χ3n) is 4.31. The van der Waals surface area contributed by atoms with E-state index in [-0.39, 0.29) is 11.4 Å². The van der Waals surface area contributed by atoms with Gasteiger partial charge in [0.2, 0.25) is 10.0 Å². The van der Waals surface area contributed by atoms with Crippen LogP contribution in [0.5, 0.6) is 0 Å². The minimum absolute atomic E-state index is 0.215. The van der Waals surface area contributed by atoms with Crippen LogP contribution in [-0.4, -0.2) is 43.9 Å². The van der Waals surface area contributed by atoms with Crippen LogP contribution in [-0.2, 0) is 16.2 Å². The Morgan fingerprint density at radius 2 is 1.67 bits per heavy atom. The van der Waals surface area contributed by atoms with Gasteiger partial charge in [-0.3, -0.25) is 0 Å². The Morgan fingerprint density at radius 1 is 0.963 bits per heavy atom. The van der Waals surface area contributed by atoms with Crippen molar-refractivity contribution in [3.8, 4) is 0 Å². The zero-order valence-corrected chi connectivity index (χ0v) is 16.6. The van der Waals surface area contributed by atoms with E-state index in [2.05, 4.69) is 20.9 Å². The van der Waals surface area contributed by atoms with Gasteiger partial charge in [-0.1, -0.05) is 15.9 Å². The Labute approximate surface area is 164 Å². The number of aromatic nitrogens is 1. The number of sulfonamides is 1. The molecule has 0 atom stereocenters. The van der Waals surface area contributed by atoms with Gasteiger partial charge in [0.25, 0.3) is 0 Å². The van der Waals surface area contributed by atoms with Crippen LogP contribution in [0.2, 0.25) is 0 Å². The number of nitrogens with zero attached hydrogens (tertiary/aromatic N) is 3. The zero-order chi connectivity index (χ0) is 19.7. The molecular weight excluding hydrogens is 447 g/mol. The molecule has 1 fully saturated rings. The number of alkyl halides is 3. The molecule has 2 aromatic rings. The van der Waals surface area contributed by atoms with Crippen LogP contribution >= 0.6 is 15.9 Å². The third kappa shape index (κ3) is 4.61. The molecule has 0 amide bonds.